The van der Waals surface area contributed by atoms with Crippen molar-refractivity contribution in [2.24, 2.45) is 0 Å². The average molecular weight is 169 g/mol. The van der Waals surface area contributed by atoms with Crippen LogP contribution in [-0.4, -0.2) is 51.3 Å². The molecule has 1 aliphatic heterocycles. The number of hydrogen-bond acceptors (Lipinski definition) is 0. The molecule has 0 atom stereocenters. The summed E-state index contributed by atoms with van der Waals surface area (Å²) in [6, 6.07) is 0. The number of rotatable bonds is 0. The third-order valence-electron chi connectivity index (χ3n) is 0.438. The van der Waals surface area contributed by atoms with Gasteiger partial charge >= 0.3 is 0 Å². The van der Waals surface area contributed by atoms with E-state index in [-0.39, 0.29) is 7.35 Å². The first-order valence-electron chi connectivity index (χ1n) is 1.50. The maximum atomic E-state index is 3.72. The molecule has 0 aromatic heterocycles. The minimum atomic E-state index is 0.129. The van der Waals surface area contributed by atoms with Gasteiger partial charge in [0.25, 0.3) is 0 Å². The second-order valence-corrected chi connectivity index (χ2v) is 23.6. The third kappa shape index (κ3) is 1.42. The molecule has 0 aliphatic carbocycles. The molecule has 0 aromatic rings. The Balaban J connectivity index is 2.18. The smallest absolute Gasteiger partial charge is 0 e. The molecule has 0 amide bonds. The van der Waals surface area contributed by atoms with E-state index in [1.165, 1.54) is 34.2 Å². The van der Waals surface area contributed by atoms with Crippen LogP contribution in [0.4, 0.5) is 0 Å². The van der Waals surface area contributed by atoms with Gasteiger partial charge in [0.15, 0.2) is 0 Å². The fourth-order valence-electron chi connectivity index (χ4n) is 0.219. The lowest BCUT2D eigenvalue weighted by atomic mass is 26.2. The van der Waals surface area contributed by atoms with Crippen molar-refractivity contribution in [3.8, 4) is 0 Å². The molecule has 1 saturated heterocycles. The van der Waals surface area contributed by atoms with Crippen molar-refractivity contribution in [1.82, 2.24) is 0 Å². The molecule has 0 saturated carbocycles. The molecule has 0 N–H and O–H groups in total. The van der Waals surface area contributed by atoms with E-state index in [1.807, 2.05) is 0 Å². The fraction of sp³-hybridized carbons (Fsp3) is 0. The first kappa shape index (κ1) is 5.44. The molecule has 24 valence electrons. The summed E-state index contributed by atoms with van der Waals surface area (Å²) in [6.45, 7) is 0. The summed E-state index contributed by atoms with van der Waals surface area (Å²) < 4.78 is 0. The molecular formula is Si6. The Hall–Kier alpha value is 1.30. The van der Waals surface area contributed by atoms with Crippen molar-refractivity contribution < 1.29 is 0 Å². The van der Waals surface area contributed by atoms with Gasteiger partial charge in [-0.2, -0.15) is 0 Å². The third-order valence-corrected chi connectivity index (χ3v) is 35.4. The summed E-state index contributed by atoms with van der Waals surface area (Å²) in [6.07, 6.45) is 0. The molecule has 0 aromatic carbocycles. The standard InChI is InChI=1S/Si6/c1-6-4-2-3-5-6. The Kier molecular flexibility index (Phi) is 2.33. The molecule has 0 bridgehead atoms. The van der Waals surface area contributed by atoms with E-state index in [0.29, 0.717) is 0 Å². The first-order chi connectivity index (χ1) is 2.89. The Labute approximate surface area is 51.5 Å². The molecule has 0 nitrogen and oxygen atoms in total. The zero-order valence-electron chi connectivity index (χ0n) is 3.00. The second kappa shape index (κ2) is 2.57. The minimum absolute atomic E-state index is 0.129. The van der Waals surface area contributed by atoms with Crippen molar-refractivity contribution in [3.05, 3.63) is 0 Å². The van der Waals surface area contributed by atoms with Gasteiger partial charge in [-0.25, -0.2) is 0 Å². The van der Waals surface area contributed by atoms with Crippen molar-refractivity contribution in [2.75, 3.05) is 0 Å². The highest BCUT2D eigenvalue weighted by Crippen LogP contribution is 1.74. The molecular weight excluding hydrogens is 169 g/mol. The van der Waals surface area contributed by atoms with E-state index in [2.05, 4.69) is 9.76 Å². The molecule has 0 spiro atoms. The zero-order chi connectivity index (χ0) is 4.41. The molecule has 1 aliphatic rings. The lowest BCUT2D eigenvalue weighted by molar-refractivity contribution is 3.89. The predicted molar refractivity (Wildman–Crippen MR) is 34.5 cm³/mol. The summed E-state index contributed by atoms with van der Waals surface area (Å²) in [5.74, 6) is 0. The van der Waals surface area contributed by atoms with Crippen LogP contribution in [0.15, 0.2) is 0 Å². The van der Waals surface area contributed by atoms with Gasteiger partial charge < -0.3 is 0 Å². The minimum Gasteiger partial charge on any atom is 0 e. The quantitative estimate of drug-likeness (QED) is 0.358. The van der Waals surface area contributed by atoms with Crippen LogP contribution in [0.2, 0.25) is 0 Å². The SMILES string of the molecule is [Si][Si]1[Si][Si][Si][Si]1. The van der Waals surface area contributed by atoms with Gasteiger partial charge in [-0.1, -0.05) is 0 Å². The van der Waals surface area contributed by atoms with E-state index in [9.17, 15) is 0 Å². The van der Waals surface area contributed by atoms with Crippen LogP contribution in [0.25, 0.3) is 0 Å². The van der Waals surface area contributed by atoms with Crippen LogP contribution in [0.1, 0.15) is 0 Å². The highest BCUT2D eigenvalue weighted by atomic mass is 30.2. The van der Waals surface area contributed by atoms with Crippen molar-refractivity contribution in [2.45, 2.75) is 0 Å². The highest BCUT2D eigenvalue weighted by Gasteiger charge is 2.12. The average Bonchev–Trinajstić information content (AvgIpc) is 1.86. The van der Waals surface area contributed by atoms with Gasteiger partial charge in [0.05, 0.1) is 0 Å². The van der Waals surface area contributed by atoms with Crippen LogP contribution in [0.5, 0.6) is 0 Å². The molecule has 1 heterocycles. The van der Waals surface area contributed by atoms with Crippen LogP contribution < -0.4 is 0 Å². The van der Waals surface area contributed by atoms with E-state index < -0.39 is 0 Å². The highest BCUT2D eigenvalue weighted by molar-refractivity contribution is 7.87. The van der Waals surface area contributed by atoms with Gasteiger partial charge in [0, 0.05) is 51.3 Å². The van der Waals surface area contributed by atoms with E-state index >= 15 is 0 Å². The number of hydrogen-bond donors (Lipinski definition) is 0. The largest absolute Gasteiger partial charge is 0 e. The molecule has 1 fully saturated rings. The normalized spacial score (nSPS) is 25.5. The van der Waals surface area contributed by atoms with Crippen molar-refractivity contribution in [1.29, 1.82) is 0 Å². The first-order valence-corrected chi connectivity index (χ1v) is 13.5. The van der Waals surface area contributed by atoms with Gasteiger partial charge in [-0.05, 0) is 0 Å². The Bertz CT molecular complexity index is 33.3. The maximum absolute atomic E-state index is 3.72. The molecule has 6 heavy (non-hydrogen) atoms. The van der Waals surface area contributed by atoms with E-state index in [1.54, 1.807) is 0 Å². The summed E-state index contributed by atoms with van der Waals surface area (Å²) >= 11 is 0. The predicted octanol–water partition coefficient (Wildman–Crippen LogP) is -2.28. The summed E-state index contributed by atoms with van der Waals surface area (Å²) in [7, 11) is 9.26. The summed E-state index contributed by atoms with van der Waals surface area (Å²) in [4.78, 5) is 0. The topological polar surface area (TPSA) is 0 Å². The summed E-state index contributed by atoms with van der Waals surface area (Å²) in [5.41, 5.74) is 0. The van der Waals surface area contributed by atoms with Crippen LogP contribution >= 0.6 is 0 Å². The van der Waals surface area contributed by atoms with E-state index in [0.717, 1.165) is 0 Å². The zero-order valence-corrected chi connectivity index (χ0v) is 9.00. The van der Waals surface area contributed by atoms with E-state index in [4.69, 9.17) is 0 Å². The van der Waals surface area contributed by atoms with Crippen LogP contribution in [-0.2, 0) is 0 Å². The van der Waals surface area contributed by atoms with Crippen LogP contribution in [0.3, 0.4) is 0 Å². The molecule has 6 heteroatoms. The Morgan fingerprint density at radius 3 is 1.83 bits per heavy atom. The van der Waals surface area contributed by atoms with Crippen molar-refractivity contribution in [3.63, 3.8) is 0 Å². The lowest BCUT2D eigenvalue weighted by Gasteiger charge is -1.86. The molecule has 12 radical (unpaired) electrons. The van der Waals surface area contributed by atoms with Crippen molar-refractivity contribution >= 4 is 51.3 Å². The molecule has 1 rings (SSSR count). The van der Waals surface area contributed by atoms with Gasteiger partial charge in [-0.3, -0.25) is 0 Å². The maximum Gasteiger partial charge on any atom is 0 e. The summed E-state index contributed by atoms with van der Waals surface area (Å²) in [5, 5.41) is 0. The fourth-order valence-corrected chi connectivity index (χ4v) is 53.2. The second-order valence-electron chi connectivity index (χ2n) is 0.875. The monoisotopic (exact) mass is 168 g/mol. The Morgan fingerprint density at radius 2 is 1.67 bits per heavy atom. The van der Waals surface area contributed by atoms with Gasteiger partial charge in [0.2, 0.25) is 0 Å². The van der Waals surface area contributed by atoms with Gasteiger partial charge in [0.1, 0.15) is 0 Å². The lowest BCUT2D eigenvalue weighted by Crippen LogP contribution is -2.24. The van der Waals surface area contributed by atoms with Crippen LogP contribution in [0, 0.1) is 0 Å². The van der Waals surface area contributed by atoms with Gasteiger partial charge in [-0.15, -0.1) is 0 Å². The molecule has 0 unspecified atom stereocenters. The Morgan fingerprint density at radius 1 is 1.17 bits per heavy atom.